The molecule has 0 aliphatic rings. The Hall–Kier alpha value is -0.120. The number of nitrogens with two attached hydrogens (primary N) is 2. The molecule has 0 saturated carbocycles. The fourth-order valence-corrected chi connectivity index (χ4v) is 0.534. The highest BCUT2D eigenvalue weighted by Gasteiger charge is 1.85. The number of nitrogens with one attached hydrogen (secondary N) is 1. The van der Waals surface area contributed by atoms with Crippen LogP contribution in [-0.4, -0.2) is 26.1 Å². The van der Waals surface area contributed by atoms with E-state index >= 15 is 0 Å². The molecule has 0 fully saturated rings. The number of rotatable bonds is 7. The van der Waals surface area contributed by atoms with Crippen molar-refractivity contribution in [3.05, 3.63) is 0 Å². The molecule has 0 aromatic rings. The van der Waals surface area contributed by atoms with Crippen LogP contribution in [-0.2, 0) is 0 Å². The van der Waals surface area contributed by atoms with Gasteiger partial charge in [0.25, 0.3) is 0 Å². The summed E-state index contributed by atoms with van der Waals surface area (Å²) in [4.78, 5) is 0. The van der Waals surface area contributed by atoms with Crippen LogP contribution in [0.1, 0.15) is 24.7 Å². The Morgan fingerprint density at radius 1 is 1.20 bits per heavy atom. The van der Waals surface area contributed by atoms with Crippen molar-refractivity contribution in [2.24, 2.45) is 11.5 Å². The highest BCUT2D eigenvalue weighted by molar-refractivity contribution is 4.49. The van der Waals surface area contributed by atoms with Gasteiger partial charge in [0, 0.05) is 5.48 Å². The molecule has 0 saturated heterocycles. The van der Waals surface area contributed by atoms with E-state index in [1.165, 1.54) is 0 Å². The van der Waals surface area contributed by atoms with E-state index in [4.69, 9.17) is 17.0 Å². The predicted octanol–water partition coefficient (Wildman–Crippen LogP) is -0.336. The third kappa shape index (κ3) is 7.88. The molecule has 0 unspecified atom stereocenters. The van der Waals surface area contributed by atoms with Crippen molar-refractivity contribution in [1.82, 2.24) is 5.32 Å². The zero-order valence-corrected chi connectivity index (χ0v) is 6.19. The van der Waals surface area contributed by atoms with Crippen molar-refractivity contribution < 1.29 is 5.48 Å². The first kappa shape index (κ1) is 4.70. The Bertz CT molecular complexity index is 163. The second-order valence-corrected chi connectivity index (χ2v) is 1.93. The van der Waals surface area contributed by atoms with E-state index in [9.17, 15) is 0 Å². The van der Waals surface area contributed by atoms with Gasteiger partial charge in [-0.3, -0.25) is 0 Å². The minimum absolute atomic E-state index is 0.343. The van der Waals surface area contributed by atoms with Gasteiger partial charge in [0.2, 0.25) is 0 Å². The fourth-order valence-electron chi connectivity index (χ4n) is 0.534. The largest absolute Gasteiger partial charge is 0.330 e. The van der Waals surface area contributed by atoms with Gasteiger partial charge in [0.1, 0.15) is 0 Å². The summed E-state index contributed by atoms with van der Waals surface area (Å²) < 4.78 is 29.5. The van der Waals surface area contributed by atoms with Gasteiger partial charge in [-0.15, -0.1) is 0 Å². The zero-order chi connectivity index (χ0) is 11.2. The Balaban J connectivity index is 3.94. The molecule has 0 aromatic carbocycles. The van der Waals surface area contributed by atoms with Gasteiger partial charge in [0.05, 0.1) is 0 Å². The lowest BCUT2D eigenvalue weighted by Crippen LogP contribution is -2.19. The van der Waals surface area contributed by atoms with Crippen LogP contribution in [0.4, 0.5) is 0 Å². The van der Waals surface area contributed by atoms with Crippen LogP contribution in [0.15, 0.2) is 0 Å². The maximum Gasteiger partial charge on any atom is 0.0428 e. The van der Waals surface area contributed by atoms with Crippen LogP contribution in [0, 0.1) is 0 Å². The summed E-state index contributed by atoms with van der Waals surface area (Å²) in [5.41, 5.74) is 10.4. The van der Waals surface area contributed by atoms with Gasteiger partial charge in [-0.05, 0) is 45.3 Å². The molecule has 3 heteroatoms. The topological polar surface area (TPSA) is 64.1 Å². The van der Waals surface area contributed by atoms with Gasteiger partial charge in [-0.1, -0.05) is 0 Å². The van der Waals surface area contributed by atoms with Crippen LogP contribution in [0.2, 0.25) is 0 Å². The summed E-state index contributed by atoms with van der Waals surface area (Å²) >= 11 is 0. The second kappa shape index (κ2) is 8.88. The molecule has 0 spiro atoms. The minimum atomic E-state index is -2.09. The molecule has 0 aliphatic carbocycles. The quantitative estimate of drug-likeness (QED) is 0.434. The first-order chi connectivity index (χ1) is 6.37. The van der Waals surface area contributed by atoms with Gasteiger partial charge in [-0.2, -0.15) is 0 Å². The number of unbranched alkanes of at least 4 members (excludes halogenated alkanes) is 1. The smallest absolute Gasteiger partial charge is 0.0428 e. The summed E-state index contributed by atoms with van der Waals surface area (Å²) in [5.74, 6) is 0. The number of hydrogen-bond acceptors (Lipinski definition) is 3. The monoisotopic (exact) mass is 149 g/mol. The second-order valence-electron chi connectivity index (χ2n) is 1.93. The summed E-state index contributed by atoms with van der Waals surface area (Å²) in [6.07, 6.45) is -0.513. The third-order valence-corrected chi connectivity index (χ3v) is 1.03. The molecule has 5 N–H and O–H groups in total. The molecule has 0 aliphatic heterocycles. The van der Waals surface area contributed by atoms with E-state index in [1.807, 2.05) is 0 Å². The van der Waals surface area contributed by atoms with E-state index in [2.05, 4.69) is 5.32 Å². The van der Waals surface area contributed by atoms with E-state index in [1.54, 1.807) is 0 Å². The standard InChI is InChI=1S/C7H19N3/c8-4-1-2-6-10-7-3-5-9/h10H,1-9H2/i3D2,7D2. The third-order valence-electron chi connectivity index (χ3n) is 1.03. The van der Waals surface area contributed by atoms with Crippen molar-refractivity contribution in [3.63, 3.8) is 0 Å². The summed E-state index contributed by atoms with van der Waals surface area (Å²) in [6, 6.07) is 0. The molecule has 0 atom stereocenters. The number of hydrogen-bond donors (Lipinski definition) is 3. The van der Waals surface area contributed by atoms with Crippen molar-refractivity contribution in [2.45, 2.75) is 19.2 Å². The fraction of sp³-hybridized carbons (Fsp3) is 1.00. The maximum absolute atomic E-state index is 7.43. The van der Waals surface area contributed by atoms with Crippen LogP contribution in [0.25, 0.3) is 0 Å². The van der Waals surface area contributed by atoms with Gasteiger partial charge in [-0.25, -0.2) is 0 Å². The van der Waals surface area contributed by atoms with Crippen molar-refractivity contribution in [2.75, 3.05) is 26.1 Å². The maximum atomic E-state index is 7.43. The SMILES string of the molecule is [2H]C([2H])(CN)C([2H])([2H])NCCCCN. The average Bonchev–Trinajstić information content (AvgIpc) is 2.12. The molecular formula is C7H19N3. The summed E-state index contributed by atoms with van der Waals surface area (Å²) in [6.45, 7) is -1.46. The summed E-state index contributed by atoms with van der Waals surface area (Å²) in [7, 11) is 0. The first-order valence-corrected chi connectivity index (χ1v) is 3.52. The van der Waals surface area contributed by atoms with Crippen LogP contribution >= 0.6 is 0 Å². The molecule has 0 heterocycles. The first-order valence-electron chi connectivity index (χ1n) is 5.52. The Kier molecular flexibility index (Phi) is 4.17. The molecule has 62 valence electrons. The molecule has 0 amide bonds. The van der Waals surface area contributed by atoms with Crippen molar-refractivity contribution in [1.29, 1.82) is 0 Å². The van der Waals surface area contributed by atoms with Gasteiger partial charge >= 0.3 is 0 Å². The molecule has 10 heavy (non-hydrogen) atoms. The molecule has 0 rings (SSSR count). The van der Waals surface area contributed by atoms with Gasteiger partial charge in [0.15, 0.2) is 0 Å². The van der Waals surface area contributed by atoms with Crippen molar-refractivity contribution in [3.8, 4) is 0 Å². The average molecular weight is 149 g/mol. The lowest BCUT2D eigenvalue weighted by atomic mass is 10.3. The van der Waals surface area contributed by atoms with Crippen LogP contribution in [0.5, 0.6) is 0 Å². The Labute approximate surface area is 68.8 Å². The van der Waals surface area contributed by atoms with Crippen LogP contribution < -0.4 is 16.8 Å². The highest BCUT2D eigenvalue weighted by atomic mass is 14.8. The minimum Gasteiger partial charge on any atom is -0.330 e. The molecular weight excluding hydrogens is 126 g/mol. The van der Waals surface area contributed by atoms with Gasteiger partial charge < -0.3 is 16.8 Å². The molecule has 0 radical (unpaired) electrons. The van der Waals surface area contributed by atoms with Crippen LogP contribution in [0.3, 0.4) is 0 Å². The molecule has 3 nitrogen and oxygen atoms in total. The van der Waals surface area contributed by atoms with E-state index < -0.39 is 12.9 Å². The molecule has 0 aromatic heterocycles. The summed E-state index contributed by atoms with van der Waals surface area (Å²) in [5, 5.41) is 2.51. The lowest BCUT2D eigenvalue weighted by Gasteiger charge is -2.01. The van der Waals surface area contributed by atoms with Crippen molar-refractivity contribution >= 4 is 0 Å². The predicted molar refractivity (Wildman–Crippen MR) is 44.8 cm³/mol. The van der Waals surface area contributed by atoms with E-state index in [0.717, 1.165) is 12.8 Å². The van der Waals surface area contributed by atoms with E-state index in [0.29, 0.717) is 13.1 Å². The molecule has 0 bridgehead atoms. The normalized spacial score (nSPS) is 19.0. The zero-order valence-electron chi connectivity index (χ0n) is 10.2. The Morgan fingerprint density at radius 2 is 2.00 bits per heavy atom. The Morgan fingerprint density at radius 3 is 2.60 bits per heavy atom. The van der Waals surface area contributed by atoms with E-state index in [-0.39, 0.29) is 6.54 Å². The highest BCUT2D eigenvalue weighted by Crippen LogP contribution is 1.81. The lowest BCUT2D eigenvalue weighted by molar-refractivity contribution is 0.611.